The summed E-state index contributed by atoms with van der Waals surface area (Å²) in [6.45, 7) is 10.3. The van der Waals surface area contributed by atoms with Crippen molar-refractivity contribution in [2.75, 3.05) is 19.6 Å². The normalized spacial score (nSPS) is 21.2. The Kier molecular flexibility index (Phi) is 5.83. The number of amides is 1. The Labute approximate surface area is 149 Å². The second-order valence-corrected chi connectivity index (χ2v) is 8.20. The first-order valence-corrected chi connectivity index (χ1v) is 8.78. The molecule has 0 radical (unpaired) electrons. The molecule has 140 valence electrons. The minimum absolute atomic E-state index is 0.0540. The highest BCUT2D eigenvalue weighted by molar-refractivity contribution is 5.68. The van der Waals surface area contributed by atoms with Crippen molar-refractivity contribution < 1.29 is 19.7 Å². The van der Waals surface area contributed by atoms with Crippen LogP contribution in [-0.2, 0) is 11.3 Å². The van der Waals surface area contributed by atoms with Crippen molar-refractivity contribution in [3.63, 3.8) is 0 Å². The molecule has 1 fully saturated rings. The Morgan fingerprint density at radius 1 is 1.36 bits per heavy atom. The number of aromatic hydroxyl groups is 2. The molecule has 2 rings (SSSR count). The molecule has 6 heteroatoms. The van der Waals surface area contributed by atoms with Crippen LogP contribution in [0.15, 0.2) is 18.2 Å². The smallest absolute Gasteiger partial charge is 0.410 e. The molecule has 0 spiro atoms. The van der Waals surface area contributed by atoms with Crippen molar-refractivity contribution in [2.24, 2.45) is 5.41 Å². The number of rotatable bonds is 4. The number of likely N-dealkylation sites (tertiary alicyclic amines) is 1. The van der Waals surface area contributed by atoms with Crippen LogP contribution in [0.3, 0.4) is 0 Å². The number of hydrogen-bond acceptors (Lipinski definition) is 5. The molecule has 0 bridgehead atoms. The molecule has 3 N–H and O–H groups in total. The molecule has 6 nitrogen and oxygen atoms in total. The molecular formula is C19H30N2O4. The van der Waals surface area contributed by atoms with E-state index in [1.54, 1.807) is 17.0 Å². The number of phenols is 2. The summed E-state index contributed by atoms with van der Waals surface area (Å²) < 4.78 is 5.48. The van der Waals surface area contributed by atoms with E-state index >= 15 is 0 Å². The van der Waals surface area contributed by atoms with Gasteiger partial charge in [0.15, 0.2) is 11.5 Å². The van der Waals surface area contributed by atoms with Gasteiger partial charge in [-0.15, -0.1) is 0 Å². The first kappa shape index (κ1) is 19.4. The predicted molar refractivity (Wildman–Crippen MR) is 96.6 cm³/mol. The first-order valence-electron chi connectivity index (χ1n) is 8.78. The second kappa shape index (κ2) is 7.52. The molecule has 1 aliphatic heterocycles. The summed E-state index contributed by atoms with van der Waals surface area (Å²) in [5.41, 5.74) is 0.112. The number of hydrogen-bond donors (Lipinski definition) is 3. The molecule has 1 aromatic carbocycles. The van der Waals surface area contributed by atoms with Crippen LogP contribution in [0.25, 0.3) is 0 Å². The zero-order valence-corrected chi connectivity index (χ0v) is 15.6. The van der Waals surface area contributed by atoms with Crippen LogP contribution in [0.5, 0.6) is 11.5 Å². The fraction of sp³-hybridized carbons (Fsp3) is 0.632. The van der Waals surface area contributed by atoms with E-state index in [2.05, 4.69) is 12.2 Å². The van der Waals surface area contributed by atoms with E-state index in [4.69, 9.17) is 4.74 Å². The van der Waals surface area contributed by atoms with Crippen LogP contribution in [-0.4, -0.2) is 46.4 Å². The van der Waals surface area contributed by atoms with Crippen LogP contribution in [0.2, 0.25) is 0 Å². The van der Waals surface area contributed by atoms with Gasteiger partial charge in [0.1, 0.15) is 5.60 Å². The Balaban J connectivity index is 1.90. The minimum atomic E-state index is -0.490. The standard InChI is InChI=1S/C19H30N2O4/c1-18(2,3)25-17(24)21-10-6-9-19(4,13-21)12-20-11-14-7-5-8-15(22)16(14)23/h5,7-8,20,22-23H,6,9-13H2,1-4H3. The number of para-hydroxylation sites is 1. The van der Waals surface area contributed by atoms with E-state index in [1.165, 1.54) is 6.07 Å². The quantitative estimate of drug-likeness (QED) is 0.726. The van der Waals surface area contributed by atoms with Gasteiger partial charge in [0, 0.05) is 31.7 Å². The number of phenolic OH excluding ortho intramolecular Hbond substituents is 2. The molecule has 0 saturated carbocycles. The van der Waals surface area contributed by atoms with Gasteiger partial charge < -0.3 is 25.2 Å². The molecule has 1 aliphatic rings. The molecule has 0 aromatic heterocycles. The van der Waals surface area contributed by atoms with Gasteiger partial charge in [0.2, 0.25) is 0 Å². The zero-order valence-electron chi connectivity index (χ0n) is 15.6. The predicted octanol–water partition coefficient (Wildman–Crippen LogP) is 3.22. The summed E-state index contributed by atoms with van der Waals surface area (Å²) in [5, 5.41) is 22.8. The summed E-state index contributed by atoms with van der Waals surface area (Å²) in [5.74, 6) is -0.196. The van der Waals surface area contributed by atoms with Crippen molar-refractivity contribution >= 4 is 6.09 Å². The Morgan fingerprint density at radius 2 is 2.08 bits per heavy atom. The molecule has 0 aliphatic carbocycles. The van der Waals surface area contributed by atoms with Crippen molar-refractivity contribution in [1.82, 2.24) is 10.2 Å². The summed E-state index contributed by atoms with van der Waals surface area (Å²) in [7, 11) is 0. The fourth-order valence-electron chi connectivity index (χ4n) is 3.16. The number of piperidine rings is 1. The van der Waals surface area contributed by atoms with Gasteiger partial charge in [0.05, 0.1) is 0 Å². The number of carbonyl (C=O) groups excluding carboxylic acids is 1. The largest absolute Gasteiger partial charge is 0.504 e. The molecule has 1 atom stereocenters. The summed E-state index contributed by atoms with van der Waals surface area (Å²) >= 11 is 0. The molecule has 1 amide bonds. The van der Waals surface area contributed by atoms with Crippen LogP contribution in [0.1, 0.15) is 46.1 Å². The van der Waals surface area contributed by atoms with Gasteiger partial charge in [-0.05, 0) is 45.1 Å². The molecule has 1 unspecified atom stereocenters. The lowest BCUT2D eigenvalue weighted by atomic mass is 9.82. The lowest BCUT2D eigenvalue weighted by molar-refractivity contribution is 0.00675. The van der Waals surface area contributed by atoms with Crippen LogP contribution < -0.4 is 5.32 Å². The van der Waals surface area contributed by atoms with E-state index in [1.807, 2.05) is 20.8 Å². The molecular weight excluding hydrogens is 320 g/mol. The topological polar surface area (TPSA) is 82.0 Å². The van der Waals surface area contributed by atoms with Crippen molar-refractivity contribution in [3.8, 4) is 11.5 Å². The van der Waals surface area contributed by atoms with Crippen LogP contribution in [0.4, 0.5) is 4.79 Å². The van der Waals surface area contributed by atoms with Crippen molar-refractivity contribution in [3.05, 3.63) is 23.8 Å². The molecule has 1 saturated heterocycles. The summed E-state index contributed by atoms with van der Waals surface area (Å²) in [4.78, 5) is 14.1. The van der Waals surface area contributed by atoms with Gasteiger partial charge in [-0.2, -0.15) is 0 Å². The molecule has 1 aromatic rings. The van der Waals surface area contributed by atoms with Gasteiger partial charge in [-0.25, -0.2) is 4.79 Å². The fourth-order valence-corrected chi connectivity index (χ4v) is 3.16. The number of carbonyl (C=O) groups is 1. The van der Waals surface area contributed by atoms with E-state index in [9.17, 15) is 15.0 Å². The average molecular weight is 350 g/mol. The highest BCUT2D eigenvalue weighted by Crippen LogP contribution is 2.31. The third-order valence-corrected chi connectivity index (χ3v) is 4.40. The Bertz CT molecular complexity index is 612. The number of ether oxygens (including phenoxy) is 1. The Hall–Kier alpha value is -1.95. The maximum atomic E-state index is 12.3. The number of benzene rings is 1. The van der Waals surface area contributed by atoms with Gasteiger partial charge in [-0.3, -0.25) is 0 Å². The van der Waals surface area contributed by atoms with Crippen molar-refractivity contribution in [1.29, 1.82) is 0 Å². The average Bonchev–Trinajstić information content (AvgIpc) is 2.50. The van der Waals surface area contributed by atoms with Crippen LogP contribution in [0, 0.1) is 5.41 Å². The van der Waals surface area contributed by atoms with E-state index in [-0.39, 0.29) is 23.0 Å². The summed E-state index contributed by atoms with van der Waals surface area (Å²) in [6.07, 6.45) is 1.70. The number of nitrogens with one attached hydrogen (secondary N) is 1. The number of nitrogens with zero attached hydrogens (tertiary/aromatic N) is 1. The van der Waals surface area contributed by atoms with Gasteiger partial charge >= 0.3 is 6.09 Å². The third kappa shape index (κ3) is 5.53. The zero-order chi connectivity index (χ0) is 18.7. The van der Waals surface area contributed by atoms with E-state index in [0.29, 0.717) is 25.2 Å². The monoisotopic (exact) mass is 350 g/mol. The lowest BCUT2D eigenvalue weighted by Crippen LogP contribution is -2.50. The Morgan fingerprint density at radius 3 is 2.76 bits per heavy atom. The third-order valence-electron chi connectivity index (χ3n) is 4.40. The van der Waals surface area contributed by atoms with E-state index in [0.717, 1.165) is 19.4 Å². The molecule has 1 heterocycles. The lowest BCUT2D eigenvalue weighted by Gasteiger charge is -2.41. The van der Waals surface area contributed by atoms with Crippen LogP contribution >= 0.6 is 0 Å². The van der Waals surface area contributed by atoms with Gasteiger partial charge in [-0.1, -0.05) is 19.1 Å². The van der Waals surface area contributed by atoms with E-state index < -0.39 is 5.60 Å². The highest BCUT2D eigenvalue weighted by atomic mass is 16.6. The summed E-state index contributed by atoms with van der Waals surface area (Å²) in [6, 6.07) is 4.94. The molecule has 25 heavy (non-hydrogen) atoms. The van der Waals surface area contributed by atoms with Gasteiger partial charge in [0.25, 0.3) is 0 Å². The SMILES string of the molecule is CC1(CNCc2cccc(O)c2O)CCCN(C(=O)OC(C)(C)C)C1. The maximum absolute atomic E-state index is 12.3. The maximum Gasteiger partial charge on any atom is 0.410 e. The minimum Gasteiger partial charge on any atom is -0.504 e. The first-order chi connectivity index (χ1) is 11.6. The second-order valence-electron chi connectivity index (χ2n) is 8.20. The van der Waals surface area contributed by atoms with Crippen molar-refractivity contribution in [2.45, 2.75) is 52.7 Å². The highest BCUT2D eigenvalue weighted by Gasteiger charge is 2.34.